The molecule has 53 valence electrons. The molecule has 0 saturated heterocycles. The lowest BCUT2D eigenvalue weighted by Gasteiger charge is -1.92. The van der Waals surface area contributed by atoms with E-state index in [1.807, 2.05) is 0 Å². The SMILES string of the molecule is [c]1nc2c(o1)CCCNC2. The minimum atomic E-state index is 0.836. The first-order valence-electron chi connectivity index (χ1n) is 3.52. The highest BCUT2D eigenvalue weighted by molar-refractivity contribution is 5.07. The Hall–Kier alpha value is -0.830. The summed E-state index contributed by atoms with van der Waals surface area (Å²) in [6.07, 6.45) is 4.64. The van der Waals surface area contributed by atoms with Crippen LogP contribution in [0.25, 0.3) is 0 Å². The molecule has 0 aliphatic carbocycles. The number of nitrogens with one attached hydrogen (secondary N) is 1. The maximum Gasteiger partial charge on any atom is 0.284 e. The Labute approximate surface area is 59.4 Å². The molecule has 2 heterocycles. The van der Waals surface area contributed by atoms with Crippen LogP contribution in [0.3, 0.4) is 0 Å². The first-order valence-corrected chi connectivity index (χ1v) is 3.52. The average Bonchev–Trinajstić information content (AvgIpc) is 2.28. The van der Waals surface area contributed by atoms with Crippen molar-refractivity contribution < 1.29 is 4.42 Å². The highest BCUT2D eigenvalue weighted by Crippen LogP contribution is 2.10. The predicted molar refractivity (Wildman–Crippen MR) is 35.4 cm³/mol. The van der Waals surface area contributed by atoms with Crippen molar-refractivity contribution in [2.45, 2.75) is 19.4 Å². The van der Waals surface area contributed by atoms with Crippen LogP contribution in [0.15, 0.2) is 4.42 Å². The molecule has 3 nitrogen and oxygen atoms in total. The zero-order chi connectivity index (χ0) is 6.81. The molecule has 0 amide bonds. The van der Waals surface area contributed by atoms with Crippen LogP contribution in [0.5, 0.6) is 0 Å². The van der Waals surface area contributed by atoms with Crippen molar-refractivity contribution in [3.63, 3.8) is 0 Å². The van der Waals surface area contributed by atoms with Gasteiger partial charge >= 0.3 is 0 Å². The molecule has 3 heteroatoms. The Morgan fingerprint density at radius 1 is 1.60 bits per heavy atom. The number of hydrogen-bond donors (Lipinski definition) is 1. The Balaban J connectivity index is 2.28. The molecule has 1 aliphatic rings. The van der Waals surface area contributed by atoms with E-state index >= 15 is 0 Å². The van der Waals surface area contributed by atoms with Crippen LogP contribution in [-0.4, -0.2) is 11.5 Å². The van der Waals surface area contributed by atoms with Crippen molar-refractivity contribution >= 4 is 0 Å². The third kappa shape index (κ3) is 0.926. The number of fused-ring (bicyclic) bond motifs is 1. The standard InChI is InChI=1S/C7H9N2O/c1-2-7-6(4-8-3-1)9-5-10-7/h8H,1-4H2. The fourth-order valence-corrected chi connectivity index (χ4v) is 1.17. The second kappa shape index (κ2) is 2.42. The lowest BCUT2D eigenvalue weighted by Crippen LogP contribution is -2.12. The molecule has 1 radical (unpaired) electrons. The summed E-state index contributed by atoms with van der Waals surface area (Å²) < 4.78 is 5.06. The number of nitrogens with zero attached hydrogens (tertiary/aromatic N) is 1. The van der Waals surface area contributed by atoms with Gasteiger partial charge in [-0.25, -0.2) is 4.98 Å². The molecule has 1 aromatic heterocycles. The van der Waals surface area contributed by atoms with Gasteiger partial charge in [-0.05, 0) is 13.0 Å². The number of aromatic nitrogens is 1. The van der Waals surface area contributed by atoms with E-state index in [1.165, 1.54) is 0 Å². The third-order valence-electron chi connectivity index (χ3n) is 1.72. The molecule has 0 atom stereocenters. The van der Waals surface area contributed by atoms with Gasteiger partial charge in [0.15, 0.2) is 0 Å². The largest absolute Gasteiger partial charge is 0.437 e. The minimum Gasteiger partial charge on any atom is -0.437 e. The van der Waals surface area contributed by atoms with Crippen LogP contribution in [0.1, 0.15) is 17.9 Å². The summed E-state index contributed by atoms with van der Waals surface area (Å²) in [7, 11) is 0. The molecule has 0 saturated carbocycles. The summed E-state index contributed by atoms with van der Waals surface area (Å²) in [6, 6.07) is 0. The van der Waals surface area contributed by atoms with Crippen LogP contribution < -0.4 is 5.32 Å². The van der Waals surface area contributed by atoms with E-state index in [4.69, 9.17) is 4.42 Å². The van der Waals surface area contributed by atoms with Crippen LogP contribution in [0.4, 0.5) is 0 Å². The van der Waals surface area contributed by atoms with Crippen molar-refractivity contribution in [1.82, 2.24) is 10.3 Å². The molecule has 0 fully saturated rings. The molecule has 10 heavy (non-hydrogen) atoms. The minimum absolute atomic E-state index is 0.836. The maximum atomic E-state index is 5.06. The van der Waals surface area contributed by atoms with E-state index in [-0.39, 0.29) is 0 Å². The maximum absolute atomic E-state index is 5.06. The van der Waals surface area contributed by atoms with Gasteiger partial charge in [-0.2, -0.15) is 0 Å². The van der Waals surface area contributed by atoms with E-state index in [0.29, 0.717) is 0 Å². The smallest absolute Gasteiger partial charge is 0.284 e. The summed E-state index contributed by atoms with van der Waals surface area (Å²) in [5, 5.41) is 3.25. The van der Waals surface area contributed by atoms with E-state index < -0.39 is 0 Å². The van der Waals surface area contributed by atoms with Gasteiger partial charge in [-0.3, -0.25) is 0 Å². The zero-order valence-corrected chi connectivity index (χ0v) is 5.68. The normalized spacial score (nSPS) is 18.0. The summed E-state index contributed by atoms with van der Waals surface area (Å²) >= 11 is 0. The summed E-state index contributed by atoms with van der Waals surface area (Å²) in [4.78, 5) is 3.96. The van der Waals surface area contributed by atoms with Crippen molar-refractivity contribution in [2.75, 3.05) is 6.54 Å². The number of aryl methyl sites for hydroxylation is 1. The van der Waals surface area contributed by atoms with E-state index in [1.54, 1.807) is 0 Å². The summed E-state index contributed by atoms with van der Waals surface area (Å²) in [5.41, 5.74) is 1.03. The first kappa shape index (κ1) is 5.92. The molecular formula is C7H9N2O. The lowest BCUT2D eigenvalue weighted by molar-refractivity contribution is 0.490. The van der Waals surface area contributed by atoms with Gasteiger partial charge < -0.3 is 9.73 Å². The van der Waals surface area contributed by atoms with Gasteiger partial charge in [0, 0.05) is 13.0 Å². The van der Waals surface area contributed by atoms with E-state index in [2.05, 4.69) is 16.7 Å². The van der Waals surface area contributed by atoms with Crippen LogP contribution in [0, 0.1) is 6.39 Å². The van der Waals surface area contributed by atoms with Gasteiger partial charge in [0.1, 0.15) is 5.76 Å². The highest BCUT2D eigenvalue weighted by atomic mass is 16.3. The first-order chi connectivity index (χ1) is 4.97. The van der Waals surface area contributed by atoms with Crippen molar-refractivity contribution in [3.8, 4) is 0 Å². The van der Waals surface area contributed by atoms with Crippen LogP contribution in [0.2, 0.25) is 0 Å². The van der Waals surface area contributed by atoms with Gasteiger partial charge in [0.2, 0.25) is 0 Å². The summed E-state index contributed by atoms with van der Waals surface area (Å²) in [5.74, 6) is 1.00. The van der Waals surface area contributed by atoms with Gasteiger partial charge in [-0.15, -0.1) is 0 Å². The second-order valence-corrected chi connectivity index (χ2v) is 2.46. The Morgan fingerprint density at radius 3 is 3.60 bits per heavy atom. The highest BCUT2D eigenvalue weighted by Gasteiger charge is 2.10. The van der Waals surface area contributed by atoms with Crippen molar-refractivity contribution in [2.24, 2.45) is 0 Å². The van der Waals surface area contributed by atoms with Crippen molar-refractivity contribution in [3.05, 3.63) is 17.8 Å². The molecule has 1 aromatic rings. The molecule has 0 bridgehead atoms. The topological polar surface area (TPSA) is 38.1 Å². The Bertz CT molecular complexity index is 199. The Kier molecular flexibility index (Phi) is 1.43. The molecule has 0 spiro atoms. The Morgan fingerprint density at radius 2 is 2.60 bits per heavy atom. The van der Waals surface area contributed by atoms with Gasteiger partial charge in [-0.1, -0.05) is 0 Å². The quantitative estimate of drug-likeness (QED) is 0.566. The van der Waals surface area contributed by atoms with Crippen LogP contribution in [-0.2, 0) is 13.0 Å². The number of hydrogen-bond acceptors (Lipinski definition) is 3. The number of rotatable bonds is 0. The van der Waals surface area contributed by atoms with Gasteiger partial charge in [0.25, 0.3) is 6.39 Å². The lowest BCUT2D eigenvalue weighted by atomic mass is 10.2. The van der Waals surface area contributed by atoms with Crippen LogP contribution >= 0.6 is 0 Å². The average molecular weight is 137 g/mol. The third-order valence-corrected chi connectivity index (χ3v) is 1.72. The van der Waals surface area contributed by atoms with E-state index in [9.17, 15) is 0 Å². The fraction of sp³-hybridized carbons (Fsp3) is 0.571. The van der Waals surface area contributed by atoms with Crippen molar-refractivity contribution in [1.29, 1.82) is 0 Å². The summed E-state index contributed by atoms with van der Waals surface area (Å²) in [6.45, 7) is 1.90. The molecule has 1 aliphatic heterocycles. The fourth-order valence-electron chi connectivity index (χ4n) is 1.17. The molecule has 2 rings (SSSR count). The predicted octanol–water partition coefficient (Wildman–Crippen LogP) is 0.511. The molecular weight excluding hydrogens is 128 g/mol. The molecule has 0 aromatic carbocycles. The molecule has 0 unspecified atom stereocenters. The molecule has 1 N–H and O–H groups in total. The zero-order valence-electron chi connectivity index (χ0n) is 5.68. The monoisotopic (exact) mass is 137 g/mol. The van der Waals surface area contributed by atoms with E-state index in [0.717, 1.165) is 37.4 Å². The van der Waals surface area contributed by atoms with Gasteiger partial charge in [0.05, 0.1) is 5.69 Å². The number of oxazole rings is 1. The second-order valence-electron chi connectivity index (χ2n) is 2.46.